The summed E-state index contributed by atoms with van der Waals surface area (Å²) in [5, 5.41) is 0. The molecular weight excluding hydrogens is 348 g/mol. The molecule has 0 radical (unpaired) electrons. The van der Waals surface area contributed by atoms with Crippen LogP contribution in [0, 0.1) is 0 Å². The highest BCUT2D eigenvalue weighted by molar-refractivity contribution is 6.70. The first-order valence-corrected chi connectivity index (χ1v) is 13.9. The first-order valence-electron chi connectivity index (χ1n) is 10.5. The maximum atomic E-state index is 13.2. The first kappa shape index (κ1) is 21.8. The summed E-state index contributed by atoms with van der Waals surface area (Å²) < 4.78 is 6.38. The van der Waals surface area contributed by atoms with Gasteiger partial charge in [-0.15, -0.1) is 0 Å². The molecule has 1 unspecified atom stereocenters. The van der Waals surface area contributed by atoms with E-state index in [4.69, 9.17) is 4.43 Å². The van der Waals surface area contributed by atoms with Gasteiger partial charge in [-0.1, -0.05) is 57.0 Å². The van der Waals surface area contributed by atoms with Crippen molar-refractivity contribution in [1.29, 1.82) is 0 Å². The summed E-state index contributed by atoms with van der Waals surface area (Å²) >= 11 is 0. The summed E-state index contributed by atoms with van der Waals surface area (Å²) in [4.78, 5) is 13.2. The highest BCUT2D eigenvalue weighted by atomic mass is 28.4. The fourth-order valence-electron chi connectivity index (χ4n) is 3.82. The molecule has 0 saturated carbocycles. The minimum absolute atomic E-state index is 0.168. The molecule has 1 aromatic carbocycles. The summed E-state index contributed by atoms with van der Waals surface area (Å²) in [6.07, 6.45) is 8.62. The maximum absolute atomic E-state index is 13.2. The number of rotatable bonds is 10. The molecule has 1 aromatic rings. The smallest absolute Gasteiger partial charge is 0.197 e. The molecule has 0 aromatic heterocycles. The van der Waals surface area contributed by atoms with E-state index in [1.54, 1.807) is 0 Å². The van der Waals surface area contributed by atoms with Crippen LogP contribution in [0.1, 0.15) is 64.9 Å². The molecule has 0 aliphatic heterocycles. The summed E-state index contributed by atoms with van der Waals surface area (Å²) in [5.74, 6) is 0.168. The zero-order valence-corrected chi connectivity index (χ0v) is 19.0. The van der Waals surface area contributed by atoms with Crippen LogP contribution in [0.2, 0.25) is 19.6 Å². The molecular formula is C24H36O2Si. The van der Waals surface area contributed by atoms with Crippen LogP contribution >= 0.6 is 0 Å². The van der Waals surface area contributed by atoms with Crippen molar-refractivity contribution in [2.75, 3.05) is 0 Å². The highest BCUT2D eigenvalue weighted by Crippen LogP contribution is 2.44. The van der Waals surface area contributed by atoms with Gasteiger partial charge in [0.25, 0.3) is 0 Å². The number of benzene rings is 1. The molecule has 0 bridgehead atoms. The number of Topliss-reactive ketones (excluding diaryl/α,β-unsaturated/α-hetero) is 1. The van der Waals surface area contributed by atoms with Gasteiger partial charge in [-0.2, -0.15) is 0 Å². The molecule has 0 N–H and O–H groups in total. The van der Waals surface area contributed by atoms with Crippen LogP contribution in [-0.4, -0.2) is 19.7 Å². The second-order valence-electron chi connectivity index (χ2n) is 8.71. The van der Waals surface area contributed by atoms with Crippen LogP contribution in [0.25, 0.3) is 5.57 Å². The third-order valence-electron chi connectivity index (χ3n) is 5.13. The third-order valence-corrected chi connectivity index (χ3v) is 6.15. The molecule has 1 aliphatic carbocycles. The Morgan fingerprint density at radius 3 is 2.26 bits per heavy atom. The van der Waals surface area contributed by atoms with Gasteiger partial charge in [0, 0.05) is 5.57 Å². The van der Waals surface area contributed by atoms with E-state index >= 15 is 0 Å². The monoisotopic (exact) mass is 384 g/mol. The van der Waals surface area contributed by atoms with Crippen molar-refractivity contribution in [1.82, 2.24) is 0 Å². The van der Waals surface area contributed by atoms with E-state index < -0.39 is 13.9 Å². The molecule has 0 amide bonds. The number of allylic oxidation sites excluding steroid dienone is 2. The van der Waals surface area contributed by atoms with E-state index in [1.807, 2.05) is 13.0 Å². The van der Waals surface area contributed by atoms with E-state index in [9.17, 15) is 4.79 Å². The molecule has 0 heterocycles. The first-order chi connectivity index (χ1) is 12.7. The van der Waals surface area contributed by atoms with Crippen LogP contribution in [0.15, 0.2) is 47.6 Å². The summed E-state index contributed by atoms with van der Waals surface area (Å²) in [6, 6.07) is 10.5. The minimum Gasteiger partial charge on any atom is -0.402 e. The predicted molar refractivity (Wildman–Crippen MR) is 118 cm³/mol. The molecule has 148 valence electrons. The number of carbonyl (C=O) groups is 1. The van der Waals surface area contributed by atoms with Crippen molar-refractivity contribution in [3.8, 4) is 0 Å². The average Bonchev–Trinajstić information content (AvgIpc) is 2.62. The topological polar surface area (TPSA) is 26.3 Å². The van der Waals surface area contributed by atoms with Gasteiger partial charge in [-0.25, -0.2) is 0 Å². The Morgan fingerprint density at radius 2 is 1.70 bits per heavy atom. The highest BCUT2D eigenvalue weighted by Gasteiger charge is 2.51. The van der Waals surface area contributed by atoms with E-state index in [-0.39, 0.29) is 5.78 Å². The Morgan fingerprint density at radius 1 is 1.07 bits per heavy atom. The van der Waals surface area contributed by atoms with Crippen LogP contribution in [0.5, 0.6) is 0 Å². The molecule has 0 saturated heterocycles. The van der Waals surface area contributed by atoms with Gasteiger partial charge in [0.15, 0.2) is 14.1 Å². The fraction of sp³-hybridized carbons (Fsp3) is 0.542. The van der Waals surface area contributed by atoms with E-state index in [0.29, 0.717) is 0 Å². The van der Waals surface area contributed by atoms with Crippen molar-refractivity contribution in [3.63, 3.8) is 0 Å². The van der Waals surface area contributed by atoms with Gasteiger partial charge in [0.1, 0.15) is 5.60 Å². The largest absolute Gasteiger partial charge is 0.402 e. The van der Waals surface area contributed by atoms with Crippen molar-refractivity contribution >= 4 is 19.7 Å². The van der Waals surface area contributed by atoms with Gasteiger partial charge < -0.3 is 4.43 Å². The van der Waals surface area contributed by atoms with Crippen molar-refractivity contribution < 1.29 is 9.22 Å². The SMILES string of the molecule is CCCCC1=C(/C=C(/CCCC)c2ccccc2)C(=O)C1(C)O[Si](C)(C)C. The number of hydrogen-bond acceptors (Lipinski definition) is 2. The number of carbonyl (C=O) groups excluding carboxylic acids is 1. The zero-order chi connectivity index (χ0) is 20.1. The third kappa shape index (κ3) is 5.29. The molecule has 2 nitrogen and oxygen atoms in total. The quantitative estimate of drug-likeness (QED) is 0.408. The molecule has 0 spiro atoms. The lowest BCUT2D eigenvalue weighted by molar-refractivity contribution is -0.130. The Labute approximate surface area is 166 Å². The average molecular weight is 385 g/mol. The molecule has 2 rings (SSSR count). The Kier molecular flexibility index (Phi) is 7.41. The van der Waals surface area contributed by atoms with Crippen molar-refractivity contribution in [2.24, 2.45) is 0 Å². The lowest BCUT2D eigenvalue weighted by Crippen LogP contribution is -2.55. The summed E-state index contributed by atoms with van der Waals surface area (Å²) in [6.45, 7) is 12.9. The van der Waals surface area contributed by atoms with Gasteiger partial charge in [-0.3, -0.25) is 4.79 Å². The number of hydrogen-bond donors (Lipinski definition) is 0. The van der Waals surface area contributed by atoms with Crippen LogP contribution in [0.3, 0.4) is 0 Å². The van der Waals surface area contributed by atoms with Crippen molar-refractivity contribution in [2.45, 2.75) is 84.5 Å². The van der Waals surface area contributed by atoms with E-state index in [0.717, 1.165) is 44.1 Å². The van der Waals surface area contributed by atoms with Crippen LogP contribution < -0.4 is 0 Å². The standard InChI is InChI=1S/C24H36O2Si/c1-7-9-14-20(19-15-12-11-13-16-19)18-21-22(17-10-8-2)24(3,23(21)25)26-27(4,5)6/h11-13,15-16,18H,7-10,14,17H2,1-6H3/b20-18-. The molecule has 1 atom stereocenters. The lowest BCUT2D eigenvalue weighted by atomic mass is 9.70. The summed E-state index contributed by atoms with van der Waals surface area (Å²) in [7, 11) is -1.82. The lowest BCUT2D eigenvalue weighted by Gasteiger charge is -2.45. The van der Waals surface area contributed by atoms with E-state index in [2.05, 4.69) is 63.8 Å². The predicted octanol–water partition coefficient (Wildman–Crippen LogP) is 6.94. The number of ketones is 1. The Bertz CT molecular complexity index is 710. The maximum Gasteiger partial charge on any atom is 0.197 e. The summed E-state index contributed by atoms with van der Waals surface area (Å²) in [5.41, 5.74) is 3.89. The van der Waals surface area contributed by atoms with Gasteiger partial charge in [0.2, 0.25) is 0 Å². The normalized spacial score (nSPS) is 20.8. The second kappa shape index (κ2) is 9.16. The molecule has 0 fully saturated rings. The van der Waals surface area contributed by atoms with Crippen LogP contribution in [0.4, 0.5) is 0 Å². The number of unbranched alkanes of at least 4 members (excludes halogenated alkanes) is 2. The van der Waals surface area contributed by atoms with Gasteiger partial charge in [0.05, 0.1) is 0 Å². The molecule has 1 aliphatic rings. The molecule has 3 heteroatoms. The van der Waals surface area contributed by atoms with Gasteiger partial charge in [-0.05, 0) is 75.0 Å². The Hall–Kier alpha value is -1.45. The Balaban J connectivity index is 2.46. The second-order valence-corrected chi connectivity index (χ2v) is 13.1. The zero-order valence-electron chi connectivity index (χ0n) is 18.0. The van der Waals surface area contributed by atoms with Gasteiger partial charge >= 0.3 is 0 Å². The fourth-order valence-corrected chi connectivity index (χ4v) is 5.26. The van der Waals surface area contributed by atoms with Crippen molar-refractivity contribution in [3.05, 3.63) is 53.1 Å². The molecule has 27 heavy (non-hydrogen) atoms. The minimum atomic E-state index is -1.82. The van der Waals surface area contributed by atoms with E-state index in [1.165, 1.54) is 16.7 Å². The van der Waals surface area contributed by atoms with Crippen LogP contribution in [-0.2, 0) is 9.22 Å².